The quantitative estimate of drug-likeness (QED) is 0.640. The van der Waals surface area contributed by atoms with Crippen LogP contribution in [0.2, 0.25) is 5.02 Å². The molecule has 2 unspecified atom stereocenters. The average Bonchev–Trinajstić information content (AvgIpc) is 2.54. The smallest absolute Gasteiger partial charge is 0.194 e. The predicted octanol–water partition coefficient (Wildman–Crippen LogP) is 3.31. The van der Waals surface area contributed by atoms with Gasteiger partial charge in [-0.3, -0.25) is 0 Å². The van der Waals surface area contributed by atoms with Gasteiger partial charge in [0.1, 0.15) is 5.75 Å². The highest BCUT2D eigenvalue weighted by Gasteiger charge is 2.10. The molecule has 5 heteroatoms. The molecule has 0 aliphatic carbocycles. The Balaban J connectivity index is 1.81. The lowest BCUT2D eigenvalue weighted by molar-refractivity contribution is -0.000306. The van der Waals surface area contributed by atoms with Crippen molar-refractivity contribution in [3.8, 4) is 5.75 Å². The summed E-state index contributed by atoms with van der Waals surface area (Å²) < 4.78 is 5.21. The molecule has 0 aliphatic rings. The molecule has 4 nitrogen and oxygen atoms in total. The molecule has 3 atom stereocenters. The minimum Gasteiger partial charge on any atom is -0.465 e. The Morgan fingerprint density at radius 1 is 1.08 bits per heavy atom. The van der Waals surface area contributed by atoms with Crippen LogP contribution in [0.25, 0.3) is 0 Å². The number of halogens is 1. The van der Waals surface area contributed by atoms with Gasteiger partial charge in [0.05, 0.1) is 6.10 Å². The summed E-state index contributed by atoms with van der Waals surface area (Å²) in [7, 11) is 0. The molecule has 0 aromatic heterocycles. The Labute approximate surface area is 148 Å². The van der Waals surface area contributed by atoms with Gasteiger partial charge in [-0.1, -0.05) is 35.9 Å². The van der Waals surface area contributed by atoms with Crippen molar-refractivity contribution in [3.05, 3.63) is 64.7 Å². The topological polar surface area (TPSA) is 61.7 Å². The SMILES string of the molecule is CC(Cc1ccc(OC(C)O)cc1)NC[C@H](O)c1cccc(Cl)c1. The molecule has 0 fully saturated rings. The third-order valence-corrected chi connectivity index (χ3v) is 3.90. The van der Waals surface area contributed by atoms with E-state index in [1.54, 1.807) is 19.1 Å². The predicted molar refractivity (Wildman–Crippen MR) is 96.3 cm³/mol. The number of nitrogens with one attached hydrogen (secondary N) is 1. The van der Waals surface area contributed by atoms with Crippen LogP contribution >= 0.6 is 11.6 Å². The molecular formula is C19H24ClNO3. The number of aliphatic hydroxyl groups is 2. The summed E-state index contributed by atoms with van der Waals surface area (Å²) in [4.78, 5) is 0. The second-order valence-corrected chi connectivity index (χ2v) is 6.38. The molecule has 2 aromatic rings. The van der Waals surface area contributed by atoms with Gasteiger partial charge in [-0.2, -0.15) is 0 Å². The van der Waals surface area contributed by atoms with Gasteiger partial charge in [-0.05, 0) is 55.7 Å². The van der Waals surface area contributed by atoms with Crippen molar-refractivity contribution in [3.63, 3.8) is 0 Å². The molecule has 0 heterocycles. The van der Waals surface area contributed by atoms with Crippen LogP contribution in [0.4, 0.5) is 0 Å². The van der Waals surface area contributed by atoms with Gasteiger partial charge < -0.3 is 20.3 Å². The van der Waals surface area contributed by atoms with Crippen molar-refractivity contribution in [1.29, 1.82) is 0 Å². The van der Waals surface area contributed by atoms with E-state index in [1.165, 1.54) is 0 Å². The van der Waals surface area contributed by atoms with Gasteiger partial charge in [0.25, 0.3) is 0 Å². The molecule has 24 heavy (non-hydrogen) atoms. The van der Waals surface area contributed by atoms with E-state index < -0.39 is 12.4 Å². The van der Waals surface area contributed by atoms with Crippen LogP contribution < -0.4 is 10.1 Å². The molecule has 0 aliphatic heterocycles. The van der Waals surface area contributed by atoms with Crippen molar-refractivity contribution >= 4 is 11.6 Å². The molecule has 0 saturated heterocycles. The first-order chi connectivity index (χ1) is 11.4. The van der Waals surface area contributed by atoms with Gasteiger partial charge in [-0.25, -0.2) is 0 Å². The fourth-order valence-corrected chi connectivity index (χ4v) is 2.67. The first-order valence-electron chi connectivity index (χ1n) is 8.04. The number of hydrogen-bond donors (Lipinski definition) is 3. The van der Waals surface area contributed by atoms with Gasteiger partial charge in [0, 0.05) is 17.6 Å². The lowest BCUT2D eigenvalue weighted by Gasteiger charge is -2.18. The monoisotopic (exact) mass is 349 g/mol. The van der Waals surface area contributed by atoms with Crippen LogP contribution in [0.1, 0.15) is 31.1 Å². The number of rotatable bonds is 8. The molecule has 3 N–H and O–H groups in total. The van der Waals surface area contributed by atoms with E-state index in [0.717, 1.165) is 17.5 Å². The first kappa shape index (κ1) is 18.7. The molecule has 0 amide bonds. The maximum Gasteiger partial charge on any atom is 0.194 e. The Bertz CT molecular complexity index is 631. The van der Waals surface area contributed by atoms with Gasteiger partial charge in [0.15, 0.2) is 6.29 Å². The maximum atomic E-state index is 10.2. The largest absolute Gasteiger partial charge is 0.465 e. The van der Waals surface area contributed by atoms with Gasteiger partial charge >= 0.3 is 0 Å². The second kappa shape index (κ2) is 9.04. The van der Waals surface area contributed by atoms with Crippen LogP contribution in [0, 0.1) is 0 Å². The molecule has 0 saturated carbocycles. The Hall–Kier alpha value is -1.59. The van der Waals surface area contributed by atoms with Crippen LogP contribution in [-0.2, 0) is 6.42 Å². The summed E-state index contributed by atoms with van der Waals surface area (Å²) in [5, 5.41) is 23.4. The number of benzene rings is 2. The third-order valence-electron chi connectivity index (χ3n) is 3.66. The highest BCUT2D eigenvalue weighted by molar-refractivity contribution is 6.30. The second-order valence-electron chi connectivity index (χ2n) is 5.95. The minimum atomic E-state index is -0.815. The number of hydrogen-bond acceptors (Lipinski definition) is 4. The van der Waals surface area contributed by atoms with E-state index in [4.69, 9.17) is 16.3 Å². The summed E-state index contributed by atoms with van der Waals surface area (Å²) in [5.74, 6) is 0.644. The van der Waals surface area contributed by atoms with Gasteiger partial charge in [0.2, 0.25) is 0 Å². The van der Waals surface area contributed by atoms with E-state index in [0.29, 0.717) is 17.3 Å². The van der Waals surface area contributed by atoms with Crippen molar-refractivity contribution < 1.29 is 14.9 Å². The molecule has 0 spiro atoms. The van der Waals surface area contributed by atoms with Crippen molar-refractivity contribution in [1.82, 2.24) is 5.32 Å². The lowest BCUT2D eigenvalue weighted by Crippen LogP contribution is -2.32. The van der Waals surface area contributed by atoms with E-state index in [1.807, 2.05) is 36.4 Å². The standard InChI is InChI=1S/C19H24ClNO3/c1-13(10-15-6-8-18(9-7-15)24-14(2)22)21-12-19(23)16-4-3-5-17(20)11-16/h3-9,11,13-14,19,21-23H,10,12H2,1-2H3/t13?,14?,19-/m0/s1. The fourth-order valence-electron chi connectivity index (χ4n) is 2.47. The summed E-state index contributed by atoms with van der Waals surface area (Å²) in [5.41, 5.74) is 1.96. The van der Waals surface area contributed by atoms with Crippen molar-refractivity contribution in [2.45, 2.75) is 38.7 Å². The molecule has 0 radical (unpaired) electrons. The normalized spacial score (nSPS) is 14.9. The van der Waals surface area contributed by atoms with E-state index in [2.05, 4.69) is 12.2 Å². The zero-order valence-electron chi connectivity index (χ0n) is 13.9. The average molecular weight is 350 g/mol. The van der Waals surface area contributed by atoms with E-state index in [9.17, 15) is 10.2 Å². The molecular weight excluding hydrogens is 326 g/mol. The highest BCUT2D eigenvalue weighted by Crippen LogP contribution is 2.18. The summed E-state index contributed by atoms with van der Waals surface area (Å²) in [6.45, 7) is 4.11. The summed E-state index contributed by atoms with van der Waals surface area (Å²) >= 11 is 5.95. The Kier molecular flexibility index (Phi) is 7.06. The fraction of sp³-hybridized carbons (Fsp3) is 0.368. The first-order valence-corrected chi connectivity index (χ1v) is 8.42. The molecule has 2 aromatic carbocycles. The minimum absolute atomic E-state index is 0.211. The van der Waals surface area contributed by atoms with E-state index in [-0.39, 0.29) is 6.04 Å². The molecule has 0 bridgehead atoms. The Morgan fingerprint density at radius 3 is 2.42 bits per heavy atom. The summed E-state index contributed by atoms with van der Waals surface area (Å²) in [6.07, 6.45) is -0.575. The van der Waals surface area contributed by atoms with Gasteiger partial charge in [-0.15, -0.1) is 0 Å². The van der Waals surface area contributed by atoms with Crippen LogP contribution in [0.15, 0.2) is 48.5 Å². The summed E-state index contributed by atoms with van der Waals surface area (Å²) in [6, 6.07) is 15.1. The zero-order valence-corrected chi connectivity index (χ0v) is 14.7. The van der Waals surface area contributed by atoms with Crippen LogP contribution in [-0.4, -0.2) is 29.1 Å². The molecule has 2 rings (SSSR count). The molecule has 130 valence electrons. The lowest BCUT2D eigenvalue weighted by atomic mass is 10.1. The Morgan fingerprint density at radius 2 is 1.79 bits per heavy atom. The van der Waals surface area contributed by atoms with Crippen LogP contribution in [0.5, 0.6) is 5.75 Å². The zero-order chi connectivity index (χ0) is 17.5. The highest BCUT2D eigenvalue weighted by atomic mass is 35.5. The third kappa shape index (κ3) is 6.13. The maximum absolute atomic E-state index is 10.2. The van der Waals surface area contributed by atoms with E-state index >= 15 is 0 Å². The number of ether oxygens (including phenoxy) is 1. The van der Waals surface area contributed by atoms with Crippen molar-refractivity contribution in [2.24, 2.45) is 0 Å². The van der Waals surface area contributed by atoms with Crippen molar-refractivity contribution in [2.75, 3.05) is 6.54 Å². The van der Waals surface area contributed by atoms with Crippen LogP contribution in [0.3, 0.4) is 0 Å². The number of aliphatic hydroxyl groups excluding tert-OH is 2.